The van der Waals surface area contributed by atoms with Crippen LogP contribution >= 0.6 is 8.17 Å². The highest BCUT2D eigenvalue weighted by Gasteiger charge is 2.55. The van der Waals surface area contributed by atoms with E-state index < -0.39 is 55.5 Å². The predicted octanol–water partition coefficient (Wildman–Crippen LogP) is 1.81. The maximum absolute atomic E-state index is 15.4. The summed E-state index contributed by atoms with van der Waals surface area (Å²) in [4.78, 5) is 50.0. The number of hydrogen-bond donors (Lipinski definition) is 2. The van der Waals surface area contributed by atoms with E-state index in [-0.39, 0.29) is 24.7 Å². The fraction of sp³-hybridized carbons (Fsp3) is 0.542. The van der Waals surface area contributed by atoms with Crippen LogP contribution in [0, 0.1) is 5.92 Å². The van der Waals surface area contributed by atoms with Gasteiger partial charge in [-0.3, -0.25) is 18.9 Å². The Morgan fingerprint density at radius 1 is 1.29 bits per heavy atom. The molecule has 1 aromatic heterocycles. The summed E-state index contributed by atoms with van der Waals surface area (Å²) in [6.45, 7) is 6.37. The van der Waals surface area contributed by atoms with Crippen LogP contribution in [-0.2, 0) is 14.3 Å². The second kappa shape index (κ2) is 12.6. The molecule has 0 saturated carbocycles. The topological polar surface area (TPSA) is 164 Å². The van der Waals surface area contributed by atoms with E-state index in [1.165, 1.54) is 19.1 Å². The molecule has 1 aliphatic rings. The Labute approximate surface area is 219 Å². The van der Waals surface area contributed by atoms with Gasteiger partial charge in [-0.25, -0.2) is 14.0 Å². The van der Waals surface area contributed by atoms with Gasteiger partial charge in [0.15, 0.2) is 23.7 Å². The van der Waals surface area contributed by atoms with Crippen molar-refractivity contribution < 1.29 is 37.9 Å². The van der Waals surface area contributed by atoms with Crippen LogP contribution in [-0.4, -0.2) is 57.8 Å². The van der Waals surface area contributed by atoms with E-state index >= 15 is 4.39 Å². The molecule has 3 rings (SSSR count). The van der Waals surface area contributed by atoms with Crippen LogP contribution in [0.5, 0.6) is 11.5 Å². The van der Waals surface area contributed by atoms with Crippen molar-refractivity contribution in [3.05, 3.63) is 57.4 Å². The minimum Gasteiger partial charge on any atom is -0.575 e. The maximum atomic E-state index is 15.4. The van der Waals surface area contributed by atoms with Gasteiger partial charge in [-0.2, -0.15) is 0 Å². The second-order valence-corrected chi connectivity index (χ2v) is 10.3. The molecule has 0 bridgehead atoms. The van der Waals surface area contributed by atoms with Gasteiger partial charge in [-0.1, -0.05) is 30.7 Å². The number of aromatic amines is 1. The minimum absolute atomic E-state index is 0.0293. The number of esters is 1. The number of aliphatic hydroxyl groups is 1. The molecular formula is C24H31FN3O9P. The zero-order valence-electron chi connectivity index (χ0n) is 21.4. The first-order valence-corrected chi connectivity index (χ1v) is 13.1. The highest BCUT2D eigenvalue weighted by atomic mass is 31.1. The monoisotopic (exact) mass is 555 g/mol. The number of aliphatic hydroxyl groups excluding tert-OH is 1. The quantitative estimate of drug-likeness (QED) is 0.311. The smallest absolute Gasteiger partial charge is 0.395 e. The van der Waals surface area contributed by atoms with Crippen molar-refractivity contribution in [3.63, 3.8) is 0 Å². The number of benzene rings is 1. The molecule has 1 unspecified atom stereocenters. The van der Waals surface area contributed by atoms with Crippen LogP contribution in [0.1, 0.15) is 40.3 Å². The van der Waals surface area contributed by atoms with E-state index in [0.29, 0.717) is 12.3 Å². The van der Waals surface area contributed by atoms with Crippen LogP contribution in [0.4, 0.5) is 4.39 Å². The fourth-order valence-corrected chi connectivity index (χ4v) is 4.33. The summed E-state index contributed by atoms with van der Waals surface area (Å²) in [7, 11) is -2.67. The summed E-state index contributed by atoms with van der Waals surface area (Å²) < 4.78 is 41.8. The molecule has 1 aliphatic heterocycles. The van der Waals surface area contributed by atoms with Crippen LogP contribution in [0.2, 0.25) is 0 Å². The van der Waals surface area contributed by atoms with Gasteiger partial charge < -0.3 is 24.2 Å². The van der Waals surface area contributed by atoms with E-state index in [1.54, 1.807) is 12.1 Å². The van der Waals surface area contributed by atoms with Gasteiger partial charge in [-0.15, -0.1) is 0 Å². The van der Waals surface area contributed by atoms with Crippen molar-refractivity contribution >= 4 is 14.1 Å². The molecule has 0 aliphatic carbocycles. The average Bonchev–Trinajstić information content (AvgIpc) is 3.06. The first kappa shape index (κ1) is 29.4. The summed E-state index contributed by atoms with van der Waals surface area (Å²) in [6.07, 6.45) is -2.66. The third kappa shape index (κ3) is 7.25. The number of para-hydroxylation sites is 2. The number of ether oxygens (including phenoxy) is 3. The Bertz CT molecular complexity index is 1260. The Balaban J connectivity index is 1.66. The van der Waals surface area contributed by atoms with Crippen molar-refractivity contribution in [2.75, 3.05) is 13.2 Å². The van der Waals surface area contributed by atoms with Gasteiger partial charge in [0.05, 0.1) is 6.61 Å². The molecule has 0 amide bonds. The van der Waals surface area contributed by atoms with Gasteiger partial charge in [0.25, 0.3) is 5.56 Å². The molecule has 38 heavy (non-hydrogen) atoms. The maximum Gasteiger partial charge on any atom is 0.395 e. The molecular weight excluding hydrogens is 524 g/mol. The van der Waals surface area contributed by atoms with Gasteiger partial charge in [0.1, 0.15) is 18.8 Å². The zero-order chi connectivity index (χ0) is 28.0. The van der Waals surface area contributed by atoms with E-state index in [0.717, 1.165) is 23.8 Å². The average molecular weight is 555 g/mol. The third-order valence-corrected chi connectivity index (χ3v) is 6.69. The Hall–Kier alpha value is -3.12. The van der Waals surface area contributed by atoms with Crippen LogP contribution < -0.4 is 25.4 Å². The summed E-state index contributed by atoms with van der Waals surface area (Å²) >= 11 is 0. The van der Waals surface area contributed by atoms with E-state index in [2.05, 4.69) is 4.74 Å². The van der Waals surface area contributed by atoms with Crippen LogP contribution in [0.3, 0.4) is 0 Å². The fourth-order valence-electron chi connectivity index (χ4n) is 3.59. The molecule has 6 atom stereocenters. The number of nitrogens with one attached hydrogen (secondary N) is 1. The highest BCUT2D eigenvalue weighted by Crippen LogP contribution is 2.41. The number of alkyl halides is 1. The van der Waals surface area contributed by atoms with E-state index in [1.807, 2.05) is 18.8 Å². The number of carbonyl (C=O) groups is 1. The molecule has 14 heteroatoms. The first-order valence-electron chi connectivity index (χ1n) is 12.0. The summed E-state index contributed by atoms with van der Waals surface area (Å²) in [6, 6.07) is 6.15. The highest BCUT2D eigenvalue weighted by molar-refractivity contribution is 7.34. The second-order valence-electron chi connectivity index (χ2n) is 9.37. The lowest BCUT2D eigenvalue weighted by Crippen LogP contribution is -2.43. The standard InChI is InChI=1S/C24H31FN3O9P/c1-14(2)10-12-34-21(31)15(3)27-38(33)37-17-8-6-5-7-16(17)35-13-18-20(30)24(4,25)22(36-18)28-11-9-19(29)26-23(28)32/h5-9,11,14-15,18,20,22,30H,10,12-13H2,1-4H3,(H,26,29,32)/t15-,18+,20+,22+,24+/m0/s1. The number of carbonyl (C=O) groups excluding carboxylic acids is 1. The summed E-state index contributed by atoms with van der Waals surface area (Å²) in [5, 5.41) is 10.5. The molecule has 2 heterocycles. The molecule has 12 nitrogen and oxygen atoms in total. The van der Waals surface area contributed by atoms with Crippen LogP contribution in [0.25, 0.3) is 0 Å². The van der Waals surface area contributed by atoms with E-state index in [4.69, 9.17) is 18.7 Å². The SMILES string of the molecule is CC(C)CCOC(=O)[C@H](C)N=[P+]([O-])Oc1ccccc1OC[C@H]1O[C@@H](n2ccc(=O)[nH]c2=O)[C@](C)(F)[C@@H]1O. The Morgan fingerprint density at radius 2 is 1.97 bits per heavy atom. The molecule has 0 radical (unpaired) electrons. The number of halogens is 1. The Kier molecular flexibility index (Phi) is 9.77. The predicted molar refractivity (Wildman–Crippen MR) is 133 cm³/mol. The number of aromatic nitrogens is 2. The minimum atomic E-state index is -2.67. The first-order chi connectivity index (χ1) is 17.9. The van der Waals surface area contributed by atoms with Crippen molar-refractivity contribution in [3.8, 4) is 11.5 Å². The van der Waals surface area contributed by atoms with Crippen LogP contribution in [0.15, 0.2) is 50.9 Å². The van der Waals surface area contributed by atoms with Crippen molar-refractivity contribution in [2.45, 2.75) is 64.3 Å². The largest absolute Gasteiger partial charge is 0.575 e. The molecule has 2 N–H and O–H groups in total. The molecule has 2 aromatic rings. The number of rotatable bonds is 11. The summed E-state index contributed by atoms with van der Waals surface area (Å²) in [5.41, 5.74) is -3.96. The number of H-pyrrole nitrogens is 1. The van der Waals surface area contributed by atoms with Crippen molar-refractivity contribution in [2.24, 2.45) is 10.7 Å². The van der Waals surface area contributed by atoms with Crippen molar-refractivity contribution in [1.29, 1.82) is 0 Å². The zero-order valence-corrected chi connectivity index (χ0v) is 22.3. The summed E-state index contributed by atoms with van der Waals surface area (Å²) in [5.74, 6) is -0.139. The molecule has 208 valence electrons. The van der Waals surface area contributed by atoms with Gasteiger partial charge in [0.2, 0.25) is 5.75 Å². The van der Waals surface area contributed by atoms with Gasteiger partial charge >= 0.3 is 19.8 Å². The van der Waals surface area contributed by atoms with Gasteiger partial charge in [-0.05, 0) is 38.3 Å². The normalized spacial score (nSPS) is 24.3. The lowest BCUT2D eigenvalue weighted by molar-refractivity contribution is -0.169. The molecule has 0 spiro atoms. The van der Waals surface area contributed by atoms with Crippen molar-refractivity contribution in [1.82, 2.24) is 9.55 Å². The molecule has 1 fully saturated rings. The Morgan fingerprint density at radius 3 is 2.63 bits per heavy atom. The molecule has 1 aromatic carbocycles. The third-order valence-electron chi connectivity index (χ3n) is 5.80. The lowest BCUT2D eigenvalue weighted by atomic mass is 9.98. The lowest BCUT2D eigenvalue weighted by Gasteiger charge is -2.24. The van der Waals surface area contributed by atoms with E-state index in [9.17, 15) is 24.4 Å². The molecule has 1 saturated heterocycles. The van der Waals surface area contributed by atoms with Gasteiger partial charge in [0, 0.05) is 12.3 Å². The number of nitrogens with zero attached hydrogens (tertiary/aromatic N) is 2. The number of hydrogen-bond acceptors (Lipinski definition) is 10.